The molecular weight excluding hydrogens is 252 g/mol. The lowest BCUT2D eigenvalue weighted by atomic mass is 9.95. The second-order valence-corrected chi connectivity index (χ2v) is 5.16. The number of hydrogen-bond acceptors (Lipinski definition) is 2. The molecule has 0 atom stereocenters. The molecule has 1 aliphatic carbocycles. The Bertz CT molecular complexity index is 404. The summed E-state index contributed by atoms with van der Waals surface area (Å²) in [6.45, 7) is 1.95. The SMILES string of the molecule is Brc1ccc(C2(C3=NCCN3)CC2)cc1. The maximum Gasteiger partial charge on any atom is 0.107 e. The van der Waals surface area contributed by atoms with Crippen LogP contribution >= 0.6 is 15.9 Å². The van der Waals surface area contributed by atoms with Gasteiger partial charge in [-0.2, -0.15) is 0 Å². The van der Waals surface area contributed by atoms with Gasteiger partial charge in [-0.05, 0) is 30.5 Å². The molecule has 0 radical (unpaired) electrons. The second kappa shape index (κ2) is 3.34. The molecule has 2 aliphatic rings. The van der Waals surface area contributed by atoms with Gasteiger partial charge in [-0.1, -0.05) is 28.1 Å². The summed E-state index contributed by atoms with van der Waals surface area (Å²) in [7, 11) is 0. The van der Waals surface area contributed by atoms with Gasteiger partial charge in [-0.15, -0.1) is 0 Å². The number of halogens is 1. The fraction of sp³-hybridized carbons (Fsp3) is 0.417. The van der Waals surface area contributed by atoms with E-state index in [1.807, 2.05) is 0 Å². The minimum absolute atomic E-state index is 0.233. The Labute approximate surface area is 97.9 Å². The van der Waals surface area contributed by atoms with E-state index in [0.717, 1.165) is 17.6 Å². The topological polar surface area (TPSA) is 24.4 Å². The van der Waals surface area contributed by atoms with Gasteiger partial charge in [-0.3, -0.25) is 4.99 Å². The largest absolute Gasteiger partial charge is 0.371 e. The molecule has 0 aromatic heterocycles. The zero-order valence-electron chi connectivity index (χ0n) is 8.46. The van der Waals surface area contributed by atoms with Crippen molar-refractivity contribution in [2.45, 2.75) is 18.3 Å². The standard InChI is InChI=1S/C12H13BrN2/c13-10-3-1-9(2-4-10)12(5-6-12)11-14-7-8-15-11/h1-4H,5-8H2,(H,14,15). The predicted molar refractivity (Wildman–Crippen MR) is 65.4 cm³/mol. The van der Waals surface area contributed by atoms with E-state index in [0.29, 0.717) is 0 Å². The molecule has 0 saturated heterocycles. The molecule has 78 valence electrons. The predicted octanol–water partition coefficient (Wildman–Crippen LogP) is 2.48. The monoisotopic (exact) mass is 264 g/mol. The molecule has 15 heavy (non-hydrogen) atoms. The first-order valence-electron chi connectivity index (χ1n) is 5.36. The van der Waals surface area contributed by atoms with E-state index in [-0.39, 0.29) is 5.41 Å². The molecule has 1 aliphatic heterocycles. The average molecular weight is 265 g/mol. The Morgan fingerprint density at radius 3 is 2.47 bits per heavy atom. The maximum atomic E-state index is 4.56. The zero-order chi connectivity index (χ0) is 10.3. The van der Waals surface area contributed by atoms with Gasteiger partial charge in [0.05, 0.1) is 12.0 Å². The number of nitrogens with one attached hydrogen (secondary N) is 1. The first kappa shape index (κ1) is 9.40. The second-order valence-electron chi connectivity index (χ2n) is 4.25. The number of hydrogen-bond donors (Lipinski definition) is 1. The Morgan fingerprint density at radius 1 is 1.20 bits per heavy atom. The highest BCUT2D eigenvalue weighted by Gasteiger charge is 2.49. The summed E-state index contributed by atoms with van der Waals surface area (Å²) in [5, 5.41) is 3.41. The number of rotatable bonds is 2. The summed E-state index contributed by atoms with van der Waals surface area (Å²) < 4.78 is 1.14. The number of amidine groups is 1. The molecule has 0 unspecified atom stereocenters. The molecule has 1 aromatic carbocycles. The van der Waals surface area contributed by atoms with Crippen LogP contribution in [0, 0.1) is 0 Å². The van der Waals surface area contributed by atoms with Crippen LogP contribution in [0.4, 0.5) is 0 Å². The number of nitrogens with zero attached hydrogens (tertiary/aromatic N) is 1. The van der Waals surface area contributed by atoms with Gasteiger partial charge in [-0.25, -0.2) is 0 Å². The Hall–Kier alpha value is -0.830. The number of benzene rings is 1. The van der Waals surface area contributed by atoms with Crippen molar-refractivity contribution in [2.24, 2.45) is 4.99 Å². The van der Waals surface area contributed by atoms with Crippen molar-refractivity contribution in [1.82, 2.24) is 5.32 Å². The van der Waals surface area contributed by atoms with Crippen LogP contribution in [0.2, 0.25) is 0 Å². The minimum Gasteiger partial charge on any atom is -0.371 e. The minimum atomic E-state index is 0.233. The van der Waals surface area contributed by atoms with Gasteiger partial charge in [0.1, 0.15) is 5.84 Å². The zero-order valence-corrected chi connectivity index (χ0v) is 10.0. The summed E-state index contributed by atoms with van der Waals surface area (Å²) in [4.78, 5) is 4.56. The van der Waals surface area contributed by atoms with E-state index in [1.165, 1.54) is 24.2 Å². The van der Waals surface area contributed by atoms with Gasteiger partial charge in [0.15, 0.2) is 0 Å². The van der Waals surface area contributed by atoms with Crippen molar-refractivity contribution >= 4 is 21.8 Å². The highest BCUT2D eigenvalue weighted by molar-refractivity contribution is 9.10. The normalized spacial score (nSPS) is 22.1. The maximum absolute atomic E-state index is 4.56. The summed E-state index contributed by atoms with van der Waals surface area (Å²) >= 11 is 3.47. The van der Waals surface area contributed by atoms with Crippen LogP contribution < -0.4 is 5.32 Å². The van der Waals surface area contributed by atoms with Crippen molar-refractivity contribution < 1.29 is 0 Å². The summed E-state index contributed by atoms with van der Waals surface area (Å²) in [5.41, 5.74) is 1.64. The molecule has 1 fully saturated rings. The Kier molecular flexibility index (Phi) is 2.09. The van der Waals surface area contributed by atoms with Crippen LogP contribution in [0.25, 0.3) is 0 Å². The van der Waals surface area contributed by atoms with Gasteiger partial charge < -0.3 is 5.32 Å². The van der Waals surface area contributed by atoms with Crippen molar-refractivity contribution in [3.05, 3.63) is 34.3 Å². The van der Waals surface area contributed by atoms with Gasteiger partial charge in [0.25, 0.3) is 0 Å². The van der Waals surface area contributed by atoms with E-state index in [9.17, 15) is 0 Å². The molecule has 2 nitrogen and oxygen atoms in total. The van der Waals surface area contributed by atoms with Gasteiger partial charge in [0.2, 0.25) is 0 Å². The highest BCUT2D eigenvalue weighted by atomic mass is 79.9. The van der Waals surface area contributed by atoms with Gasteiger partial charge >= 0.3 is 0 Å². The van der Waals surface area contributed by atoms with Crippen molar-refractivity contribution in [3.8, 4) is 0 Å². The molecule has 1 aromatic rings. The smallest absolute Gasteiger partial charge is 0.107 e. The molecule has 0 spiro atoms. The quantitative estimate of drug-likeness (QED) is 0.872. The fourth-order valence-corrected chi connectivity index (χ4v) is 2.54. The molecule has 0 amide bonds. The Balaban J connectivity index is 1.96. The first-order valence-corrected chi connectivity index (χ1v) is 6.15. The van der Waals surface area contributed by atoms with E-state index in [1.54, 1.807) is 0 Å². The van der Waals surface area contributed by atoms with E-state index in [4.69, 9.17) is 0 Å². The number of aliphatic imine (C=N–C) groups is 1. The van der Waals surface area contributed by atoms with Crippen molar-refractivity contribution in [1.29, 1.82) is 0 Å². The van der Waals surface area contributed by atoms with Crippen molar-refractivity contribution in [3.63, 3.8) is 0 Å². The molecule has 1 N–H and O–H groups in total. The molecule has 1 saturated carbocycles. The fourth-order valence-electron chi connectivity index (χ4n) is 2.27. The molecular formula is C12H13BrN2. The third-order valence-electron chi connectivity index (χ3n) is 3.27. The van der Waals surface area contributed by atoms with Crippen LogP contribution in [0.15, 0.2) is 33.7 Å². The van der Waals surface area contributed by atoms with Crippen molar-refractivity contribution in [2.75, 3.05) is 13.1 Å². The molecule has 3 rings (SSSR count). The third-order valence-corrected chi connectivity index (χ3v) is 3.80. The van der Waals surface area contributed by atoms with Crippen LogP contribution in [0.1, 0.15) is 18.4 Å². The van der Waals surface area contributed by atoms with Gasteiger partial charge in [0, 0.05) is 11.0 Å². The van der Waals surface area contributed by atoms with Crippen LogP contribution in [0.5, 0.6) is 0 Å². The molecule has 1 heterocycles. The molecule has 3 heteroatoms. The van der Waals surface area contributed by atoms with E-state index in [2.05, 4.69) is 50.5 Å². The first-order chi connectivity index (χ1) is 7.31. The lowest BCUT2D eigenvalue weighted by molar-refractivity contribution is 0.880. The Morgan fingerprint density at radius 2 is 1.93 bits per heavy atom. The van der Waals surface area contributed by atoms with E-state index >= 15 is 0 Å². The summed E-state index contributed by atoms with van der Waals surface area (Å²) in [6, 6.07) is 8.65. The van der Waals surface area contributed by atoms with Crippen LogP contribution in [-0.2, 0) is 5.41 Å². The van der Waals surface area contributed by atoms with E-state index < -0.39 is 0 Å². The average Bonchev–Trinajstić information content (AvgIpc) is 2.88. The van der Waals surface area contributed by atoms with Crippen LogP contribution in [0.3, 0.4) is 0 Å². The lowest BCUT2D eigenvalue weighted by Gasteiger charge is -2.16. The summed E-state index contributed by atoms with van der Waals surface area (Å²) in [6.07, 6.45) is 2.47. The third kappa shape index (κ3) is 1.49. The lowest BCUT2D eigenvalue weighted by Crippen LogP contribution is -2.31. The molecule has 0 bridgehead atoms. The summed E-state index contributed by atoms with van der Waals surface area (Å²) in [5.74, 6) is 1.21. The highest BCUT2D eigenvalue weighted by Crippen LogP contribution is 2.49. The van der Waals surface area contributed by atoms with Crippen LogP contribution in [-0.4, -0.2) is 18.9 Å².